The van der Waals surface area contributed by atoms with E-state index >= 15 is 0 Å². The molecule has 9 unspecified atom stereocenters. The molecule has 1 aromatic heterocycles. The lowest BCUT2D eigenvalue weighted by molar-refractivity contribution is -0.138. The molecule has 0 amide bonds. The SMILES string of the molecule is CC1CCC2C(CCC3C2CCC2(C)C(C(=O)Cn4cc(C(F)(F)F)cn4)CC(C4CC4)C32)C1. The molecule has 5 fully saturated rings. The lowest BCUT2D eigenvalue weighted by Gasteiger charge is -2.57. The molecule has 6 heteroatoms. The van der Waals surface area contributed by atoms with Crippen LogP contribution >= 0.6 is 0 Å². The fraction of sp³-hybridized carbons (Fsp3) is 0.857. The molecular formula is C28H39F3N2O. The summed E-state index contributed by atoms with van der Waals surface area (Å²) in [6.45, 7) is 4.77. The summed E-state index contributed by atoms with van der Waals surface area (Å²) in [7, 11) is 0. The summed E-state index contributed by atoms with van der Waals surface area (Å²) in [5.41, 5.74) is -0.772. The van der Waals surface area contributed by atoms with Gasteiger partial charge in [-0.3, -0.25) is 9.48 Å². The van der Waals surface area contributed by atoms with E-state index in [0.29, 0.717) is 11.8 Å². The smallest absolute Gasteiger partial charge is 0.297 e. The first-order valence-corrected chi connectivity index (χ1v) is 13.8. The van der Waals surface area contributed by atoms with E-state index in [1.54, 1.807) is 0 Å². The average molecular weight is 477 g/mol. The summed E-state index contributed by atoms with van der Waals surface area (Å²) in [6.07, 6.45) is 10.2. The molecule has 0 radical (unpaired) electrons. The molecule has 188 valence electrons. The third-order valence-corrected chi connectivity index (χ3v) is 11.2. The number of nitrogens with zero attached hydrogens (tertiary/aromatic N) is 2. The maximum absolute atomic E-state index is 13.6. The lowest BCUT2D eigenvalue weighted by atomic mass is 9.48. The van der Waals surface area contributed by atoms with Gasteiger partial charge >= 0.3 is 6.18 Å². The van der Waals surface area contributed by atoms with Gasteiger partial charge in [-0.25, -0.2) is 0 Å². The van der Waals surface area contributed by atoms with E-state index in [4.69, 9.17) is 0 Å². The number of rotatable bonds is 4. The Kier molecular flexibility index (Phi) is 5.50. The molecule has 1 heterocycles. The predicted molar refractivity (Wildman–Crippen MR) is 124 cm³/mol. The van der Waals surface area contributed by atoms with Crippen molar-refractivity contribution >= 4 is 5.78 Å². The Morgan fingerprint density at radius 2 is 1.74 bits per heavy atom. The van der Waals surface area contributed by atoms with Crippen molar-refractivity contribution in [3.63, 3.8) is 0 Å². The van der Waals surface area contributed by atoms with Crippen LogP contribution in [0.25, 0.3) is 0 Å². The molecular weight excluding hydrogens is 437 g/mol. The first-order chi connectivity index (χ1) is 16.1. The van der Waals surface area contributed by atoms with Crippen LogP contribution in [-0.2, 0) is 17.5 Å². The fourth-order valence-corrected chi connectivity index (χ4v) is 9.64. The Morgan fingerprint density at radius 1 is 1.00 bits per heavy atom. The molecule has 9 atom stereocenters. The summed E-state index contributed by atoms with van der Waals surface area (Å²) in [5, 5.41) is 3.88. The predicted octanol–water partition coefficient (Wildman–Crippen LogP) is 7.01. The van der Waals surface area contributed by atoms with Crippen LogP contribution in [0.15, 0.2) is 12.4 Å². The quantitative estimate of drug-likeness (QED) is 0.468. The third kappa shape index (κ3) is 3.77. The first-order valence-electron chi connectivity index (χ1n) is 13.8. The van der Waals surface area contributed by atoms with Crippen molar-refractivity contribution in [2.75, 3.05) is 0 Å². The number of alkyl halides is 3. The minimum atomic E-state index is -4.42. The van der Waals surface area contributed by atoms with Crippen molar-refractivity contribution in [2.45, 2.75) is 90.8 Å². The number of fused-ring (bicyclic) bond motifs is 5. The Labute approximate surface area is 201 Å². The highest BCUT2D eigenvalue weighted by Gasteiger charge is 2.63. The van der Waals surface area contributed by atoms with Crippen molar-refractivity contribution in [3.8, 4) is 0 Å². The van der Waals surface area contributed by atoms with E-state index in [2.05, 4.69) is 18.9 Å². The largest absolute Gasteiger partial charge is 0.419 e. The monoisotopic (exact) mass is 476 g/mol. The lowest BCUT2D eigenvalue weighted by Crippen LogP contribution is -2.50. The van der Waals surface area contributed by atoms with E-state index in [1.165, 1.54) is 56.0 Å². The van der Waals surface area contributed by atoms with Crippen LogP contribution in [-0.4, -0.2) is 15.6 Å². The molecule has 5 aliphatic carbocycles. The van der Waals surface area contributed by atoms with Crippen molar-refractivity contribution in [1.82, 2.24) is 9.78 Å². The summed E-state index contributed by atoms with van der Waals surface area (Å²) < 4.78 is 40.3. The van der Waals surface area contributed by atoms with Crippen LogP contribution in [0.4, 0.5) is 13.2 Å². The molecule has 5 saturated carbocycles. The molecule has 5 aliphatic rings. The van der Waals surface area contributed by atoms with Crippen molar-refractivity contribution in [1.29, 1.82) is 0 Å². The normalized spacial score (nSPS) is 44.3. The van der Waals surface area contributed by atoms with Crippen LogP contribution < -0.4 is 0 Å². The second-order valence-corrected chi connectivity index (χ2v) is 13.0. The number of ketones is 1. The Balaban J connectivity index is 1.24. The zero-order chi connectivity index (χ0) is 23.8. The van der Waals surface area contributed by atoms with E-state index < -0.39 is 11.7 Å². The molecule has 0 aromatic carbocycles. The van der Waals surface area contributed by atoms with Crippen molar-refractivity contribution in [2.24, 2.45) is 58.7 Å². The number of hydrogen-bond acceptors (Lipinski definition) is 2. The Bertz CT molecular complexity index is 936. The Morgan fingerprint density at radius 3 is 2.44 bits per heavy atom. The van der Waals surface area contributed by atoms with Crippen LogP contribution in [0.5, 0.6) is 0 Å². The summed E-state index contributed by atoms with van der Waals surface area (Å²) in [5.74, 6) is 6.35. The van der Waals surface area contributed by atoms with Crippen molar-refractivity contribution in [3.05, 3.63) is 18.0 Å². The van der Waals surface area contributed by atoms with Gasteiger partial charge in [0.25, 0.3) is 0 Å². The van der Waals surface area contributed by atoms with Gasteiger partial charge in [-0.1, -0.05) is 20.3 Å². The van der Waals surface area contributed by atoms with E-state index in [0.717, 1.165) is 60.7 Å². The Hall–Kier alpha value is -1.33. The standard InChI is InChI=1S/C28H39F3N2O/c1-16-3-7-20-18(11-16)6-8-22-21(20)9-10-27(2)24(12-23(26(22)27)17-4-5-17)25(34)15-33-14-19(13-32-33)28(29,30)31/h13-14,16-18,20-24,26H,3-12,15H2,1-2H3. The van der Waals surface area contributed by atoms with Gasteiger partial charge in [-0.2, -0.15) is 18.3 Å². The highest BCUT2D eigenvalue weighted by atomic mass is 19.4. The van der Waals surface area contributed by atoms with Crippen LogP contribution in [0.3, 0.4) is 0 Å². The second kappa shape index (κ2) is 8.09. The maximum atomic E-state index is 13.6. The first kappa shape index (κ1) is 23.1. The molecule has 0 saturated heterocycles. The number of hydrogen-bond donors (Lipinski definition) is 0. The summed E-state index contributed by atoms with van der Waals surface area (Å²) >= 11 is 0. The molecule has 3 nitrogen and oxygen atoms in total. The van der Waals surface area contributed by atoms with E-state index in [-0.39, 0.29) is 23.7 Å². The van der Waals surface area contributed by atoms with Gasteiger partial charge in [0.15, 0.2) is 5.78 Å². The molecule has 1 aromatic rings. The number of halogens is 3. The fourth-order valence-electron chi connectivity index (χ4n) is 9.64. The van der Waals surface area contributed by atoms with Gasteiger partial charge < -0.3 is 0 Å². The highest BCUT2D eigenvalue weighted by Crippen LogP contribution is 2.69. The van der Waals surface area contributed by atoms with Gasteiger partial charge in [-0.15, -0.1) is 0 Å². The maximum Gasteiger partial charge on any atom is 0.419 e. The summed E-state index contributed by atoms with van der Waals surface area (Å²) in [4.78, 5) is 13.6. The minimum absolute atomic E-state index is 0.000309. The van der Waals surface area contributed by atoms with Crippen LogP contribution in [0, 0.1) is 58.7 Å². The molecule has 0 bridgehead atoms. The van der Waals surface area contributed by atoms with Crippen LogP contribution in [0.1, 0.15) is 83.6 Å². The zero-order valence-electron chi connectivity index (χ0n) is 20.6. The number of carbonyl (C=O) groups excluding carboxylic acids is 1. The molecule has 0 N–H and O–H groups in total. The van der Waals surface area contributed by atoms with Gasteiger partial charge in [-0.05, 0) is 111 Å². The topological polar surface area (TPSA) is 34.9 Å². The molecule has 34 heavy (non-hydrogen) atoms. The number of aromatic nitrogens is 2. The zero-order valence-corrected chi connectivity index (χ0v) is 20.6. The molecule has 6 rings (SSSR count). The van der Waals surface area contributed by atoms with E-state index in [9.17, 15) is 18.0 Å². The van der Waals surface area contributed by atoms with Crippen molar-refractivity contribution < 1.29 is 18.0 Å². The third-order valence-electron chi connectivity index (χ3n) is 11.2. The van der Waals surface area contributed by atoms with Gasteiger partial charge in [0.1, 0.15) is 0 Å². The number of carbonyl (C=O) groups is 1. The molecule has 0 aliphatic heterocycles. The van der Waals surface area contributed by atoms with E-state index in [1.807, 2.05) is 0 Å². The highest BCUT2D eigenvalue weighted by molar-refractivity contribution is 5.82. The second-order valence-electron chi connectivity index (χ2n) is 13.0. The van der Waals surface area contributed by atoms with Gasteiger partial charge in [0, 0.05) is 12.1 Å². The minimum Gasteiger partial charge on any atom is -0.297 e. The van der Waals surface area contributed by atoms with Gasteiger partial charge in [0.2, 0.25) is 0 Å². The van der Waals surface area contributed by atoms with Gasteiger partial charge in [0.05, 0.1) is 18.3 Å². The van der Waals surface area contributed by atoms with Crippen LogP contribution in [0.2, 0.25) is 0 Å². The molecule has 0 spiro atoms. The summed E-state index contributed by atoms with van der Waals surface area (Å²) in [6, 6.07) is 0. The number of Topliss-reactive ketones (excluding diaryl/α,β-unsaturated/α-hetero) is 1. The average Bonchev–Trinajstić information content (AvgIpc) is 3.41.